The summed E-state index contributed by atoms with van der Waals surface area (Å²) in [6.45, 7) is 0. The number of pyridine rings is 2. The Morgan fingerprint density at radius 3 is 1.82 bits per heavy atom. The lowest BCUT2D eigenvalue weighted by atomic mass is 9.65. The first-order valence-corrected chi connectivity index (χ1v) is 20.3. The van der Waals surface area contributed by atoms with E-state index in [1.165, 1.54) is 86.9 Å². The highest BCUT2D eigenvalue weighted by Gasteiger charge is 2.50. The highest BCUT2D eigenvalue weighted by molar-refractivity contribution is 7.25. The van der Waals surface area contributed by atoms with Crippen LogP contribution in [-0.2, 0) is 5.41 Å². The molecule has 0 aliphatic heterocycles. The van der Waals surface area contributed by atoms with Crippen LogP contribution in [0.4, 0.5) is 0 Å². The van der Waals surface area contributed by atoms with Gasteiger partial charge in [-0.25, -0.2) is 9.97 Å². The van der Waals surface area contributed by atoms with Crippen molar-refractivity contribution in [1.29, 1.82) is 0 Å². The monoisotopic (exact) mass is 741 g/mol. The van der Waals surface area contributed by atoms with Gasteiger partial charge >= 0.3 is 0 Å². The fourth-order valence-electron chi connectivity index (χ4n) is 10.2. The largest absolute Gasteiger partial charge is 0.278 e. The molecule has 264 valence electrons. The summed E-state index contributed by atoms with van der Waals surface area (Å²) >= 11 is 1.89. The zero-order valence-electron chi connectivity index (χ0n) is 30.6. The van der Waals surface area contributed by atoms with Crippen LogP contribution in [0.5, 0.6) is 0 Å². The number of hydrogen-bond donors (Lipinski definition) is 0. The van der Waals surface area contributed by atoms with Crippen LogP contribution in [-0.4, -0.2) is 14.5 Å². The van der Waals surface area contributed by atoms with E-state index in [1.54, 1.807) is 0 Å². The van der Waals surface area contributed by atoms with Gasteiger partial charge < -0.3 is 0 Å². The van der Waals surface area contributed by atoms with Crippen LogP contribution in [0.3, 0.4) is 0 Å². The predicted molar refractivity (Wildman–Crippen MR) is 236 cm³/mol. The molecule has 0 amide bonds. The number of benzene rings is 7. The minimum absolute atomic E-state index is 0.576. The molecule has 4 heterocycles. The molecule has 57 heavy (non-hydrogen) atoms. The average molecular weight is 742 g/mol. The third-order valence-corrected chi connectivity index (χ3v) is 13.7. The maximum absolute atomic E-state index is 4.86. The van der Waals surface area contributed by atoms with E-state index < -0.39 is 5.41 Å². The van der Waals surface area contributed by atoms with Crippen molar-refractivity contribution >= 4 is 53.4 Å². The van der Waals surface area contributed by atoms with Crippen LogP contribution in [0.1, 0.15) is 22.3 Å². The third-order valence-electron chi connectivity index (χ3n) is 12.5. The molecule has 2 aliphatic rings. The molecular formula is C53H31N3S. The second-order valence-corrected chi connectivity index (χ2v) is 16.4. The Morgan fingerprint density at radius 1 is 0.386 bits per heavy atom. The van der Waals surface area contributed by atoms with Gasteiger partial charge in [0.05, 0.1) is 10.9 Å². The summed E-state index contributed by atoms with van der Waals surface area (Å²) in [5.74, 6) is 0.860. The Kier molecular flexibility index (Phi) is 6.25. The molecule has 0 saturated heterocycles. The topological polar surface area (TPSA) is 30.7 Å². The Labute approximate surface area is 332 Å². The van der Waals surface area contributed by atoms with E-state index in [0.29, 0.717) is 0 Å². The SMILES string of the molecule is c1ccc(-n2c3ccc(-c4ccc5c(c4)C4(c6ccccc6-c6ccccc6-5)c5ccccc5-c5cc6sc7ccccc7c6cc54)cc3c3cccnc32)nc1. The smallest absolute Gasteiger partial charge is 0.146 e. The van der Waals surface area contributed by atoms with Crippen LogP contribution in [0, 0.1) is 0 Å². The van der Waals surface area contributed by atoms with Crippen LogP contribution in [0.15, 0.2) is 188 Å². The van der Waals surface area contributed by atoms with E-state index in [1.807, 2.05) is 48.0 Å². The van der Waals surface area contributed by atoms with E-state index in [-0.39, 0.29) is 0 Å². The highest BCUT2D eigenvalue weighted by Crippen LogP contribution is 2.62. The molecule has 4 aromatic heterocycles. The standard InChI is InChI=1S/C53H31N3S/c1-2-13-35-34(12-1)36-14-3-6-18-44(36)53(45-19-7-4-15-37(45)41-31-50-43(30-47(41)53)39-16-5-8-20-49(39)57-50)46-29-33(22-24-38(35)46)32-23-25-48-42(28-32)40-17-11-27-55-52(40)56(48)51-21-9-10-26-54-51/h1-31H. The summed E-state index contributed by atoms with van der Waals surface area (Å²) in [5.41, 5.74) is 16.8. The van der Waals surface area contributed by atoms with Crippen LogP contribution >= 0.6 is 11.3 Å². The molecule has 0 N–H and O–H groups in total. The molecule has 4 heteroatoms. The van der Waals surface area contributed by atoms with Gasteiger partial charge in [0.1, 0.15) is 11.5 Å². The molecule has 0 bridgehead atoms. The molecule has 1 spiro atoms. The molecule has 0 fully saturated rings. The number of rotatable bonds is 2. The Bertz CT molecular complexity index is 3480. The lowest BCUT2D eigenvalue weighted by Gasteiger charge is -2.35. The number of thiophene rings is 1. The van der Waals surface area contributed by atoms with Gasteiger partial charge in [-0.1, -0.05) is 115 Å². The summed E-state index contributed by atoms with van der Waals surface area (Å²) in [5, 5.41) is 4.91. The fourth-order valence-corrected chi connectivity index (χ4v) is 11.4. The van der Waals surface area contributed by atoms with Gasteiger partial charge in [0.2, 0.25) is 0 Å². The molecule has 3 nitrogen and oxygen atoms in total. The maximum atomic E-state index is 4.86. The zero-order chi connectivity index (χ0) is 37.2. The molecule has 1 atom stereocenters. The predicted octanol–water partition coefficient (Wildman–Crippen LogP) is 13.6. The van der Waals surface area contributed by atoms with Crippen molar-refractivity contribution in [3.8, 4) is 50.3 Å². The number of nitrogens with zero attached hydrogens (tertiary/aromatic N) is 3. The highest BCUT2D eigenvalue weighted by atomic mass is 32.1. The second kappa shape index (κ2) is 11.5. The molecule has 0 radical (unpaired) electrons. The van der Waals surface area contributed by atoms with Crippen molar-refractivity contribution < 1.29 is 0 Å². The first kappa shape index (κ1) is 31.1. The maximum Gasteiger partial charge on any atom is 0.146 e. The van der Waals surface area contributed by atoms with E-state index in [2.05, 4.69) is 156 Å². The van der Waals surface area contributed by atoms with Crippen LogP contribution in [0.25, 0.3) is 92.4 Å². The van der Waals surface area contributed by atoms with Crippen LogP contribution in [0.2, 0.25) is 0 Å². The van der Waals surface area contributed by atoms with Crippen molar-refractivity contribution in [2.75, 3.05) is 0 Å². The summed E-state index contributed by atoms with van der Waals surface area (Å²) in [6, 6.07) is 65.5. The van der Waals surface area contributed by atoms with Gasteiger partial charge in [-0.05, 0) is 127 Å². The average Bonchev–Trinajstić information content (AvgIpc) is 3.89. The van der Waals surface area contributed by atoms with Crippen molar-refractivity contribution in [1.82, 2.24) is 14.5 Å². The molecule has 7 aromatic carbocycles. The number of hydrogen-bond acceptors (Lipinski definition) is 3. The van der Waals surface area contributed by atoms with Crippen molar-refractivity contribution in [3.05, 3.63) is 211 Å². The Balaban J connectivity index is 1.15. The minimum atomic E-state index is -0.576. The summed E-state index contributed by atoms with van der Waals surface area (Å²) in [4.78, 5) is 9.59. The molecule has 1 unspecified atom stereocenters. The van der Waals surface area contributed by atoms with Crippen molar-refractivity contribution in [2.24, 2.45) is 0 Å². The van der Waals surface area contributed by atoms with Gasteiger partial charge in [-0.3, -0.25) is 4.57 Å². The van der Waals surface area contributed by atoms with E-state index in [0.717, 1.165) is 27.8 Å². The van der Waals surface area contributed by atoms with E-state index >= 15 is 0 Å². The summed E-state index contributed by atoms with van der Waals surface area (Å²) in [7, 11) is 0. The number of fused-ring (bicyclic) bond motifs is 18. The molecule has 0 saturated carbocycles. The quantitative estimate of drug-likeness (QED) is 0.177. The summed E-state index contributed by atoms with van der Waals surface area (Å²) in [6.07, 6.45) is 3.71. The lowest BCUT2D eigenvalue weighted by Crippen LogP contribution is -2.29. The van der Waals surface area contributed by atoms with Gasteiger partial charge in [0.25, 0.3) is 0 Å². The van der Waals surface area contributed by atoms with Crippen molar-refractivity contribution in [3.63, 3.8) is 0 Å². The first-order valence-electron chi connectivity index (χ1n) is 19.5. The van der Waals surface area contributed by atoms with Gasteiger partial charge in [-0.15, -0.1) is 11.3 Å². The normalized spacial score (nSPS) is 15.1. The third kappa shape index (κ3) is 4.10. The molecule has 2 aliphatic carbocycles. The molecular weight excluding hydrogens is 711 g/mol. The zero-order valence-corrected chi connectivity index (χ0v) is 31.5. The van der Waals surface area contributed by atoms with Gasteiger partial charge in [0.15, 0.2) is 0 Å². The Hall–Kier alpha value is -7.14. The first-order chi connectivity index (χ1) is 28.3. The second-order valence-electron chi connectivity index (χ2n) is 15.3. The Morgan fingerprint density at radius 2 is 1.02 bits per heavy atom. The van der Waals surface area contributed by atoms with E-state index in [4.69, 9.17) is 9.97 Å². The molecule has 13 rings (SSSR count). The van der Waals surface area contributed by atoms with Gasteiger partial charge in [0, 0.05) is 43.3 Å². The number of aromatic nitrogens is 3. The van der Waals surface area contributed by atoms with Gasteiger partial charge in [-0.2, -0.15) is 0 Å². The molecule has 11 aromatic rings. The van der Waals surface area contributed by atoms with Crippen molar-refractivity contribution in [2.45, 2.75) is 5.41 Å². The minimum Gasteiger partial charge on any atom is -0.278 e. The lowest BCUT2D eigenvalue weighted by molar-refractivity contribution is 0.777. The van der Waals surface area contributed by atoms with E-state index in [9.17, 15) is 0 Å². The van der Waals surface area contributed by atoms with Crippen LogP contribution < -0.4 is 0 Å². The fraction of sp³-hybridized carbons (Fsp3) is 0.0189. The summed E-state index contributed by atoms with van der Waals surface area (Å²) < 4.78 is 4.83.